The van der Waals surface area contributed by atoms with Gasteiger partial charge in [0, 0.05) is 42.1 Å². The summed E-state index contributed by atoms with van der Waals surface area (Å²) >= 11 is 0. The van der Waals surface area contributed by atoms with Crippen LogP contribution < -0.4 is 10.9 Å². The first-order valence-electron chi connectivity index (χ1n) is 11.7. The summed E-state index contributed by atoms with van der Waals surface area (Å²) in [5.41, 5.74) is 4.32. The predicted octanol–water partition coefficient (Wildman–Crippen LogP) is 3.78. The number of carbonyl (C=O) groups excluding carboxylic acids is 1. The van der Waals surface area contributed by atoms with Crippen LogP contribution in [0.15, 0.2) is 77.6 Å². The minimum absolute atomic E-state index is 0.0482. The molecule has 1 amide bonds. The molecular weight excluding hydrogens is 426 g/mol. The molecule has 1 aromatic heterocycles. The summed E-state index contributed by atoms with van der Waals surface area (Å²) in [5, 5.41) is 13.3. The highest BCUT2D eigenvalue weighted by molar-refractivity contribution is 5.94. The maximum absolute atomic E-state index is 13.5. The number of hydrogen-bond donors (Lipinski definition) is 2. The number of aromatic nitrogens is 1. The van der Waals surface area contributed by atoms with Crippen LogP contribution in [0.5, 0.6) is 0 Å². The SMILES string of the molecule is C/C=C\c1ccc2n(c1=O)C[C@@H]1[C@@H](CO)[C@H](C(=O)Nc3ccc(-c4ccccc4)cc3)[C@H]2N1C. The van der Waals surface area contributed by atoms with Gasteiger partial charge in [-0.25, -0.2) is 0 Å². The number of carbonyl (C=O) groups is 1. The largest absolute Gasteiger partial charge is 0.396 e. The second-order valence-corrected chi connectivity index (χ2v) is 9.11. The van der Waals surface area contributed by atoms with E-state index in [4.69, 9.17) is 0 Å². The van der Waals surface area contributed by atoms with Gasteiger partial charge in [-0.3, -0.25) is 14.5 Å². The maximum atomic E-state index is 13.5. The molecule has 0 saturated carbocycles. The first kappa shape index (κ1) is 22.3. The Labute approximate surface area is 199 Å². The topological polar surface area (TPSA) is 74.6 Å². The molecule has 0 unspecified atom stereocenters. The van der Waals surface area contributed by atoms with Gasteiger partial charge in [0.15, 0.2) is 0 Å². The molecule has 1 saturated heterocycles. The van der Waals surface area contributed by atoms with Crippen molar-refractivity contribution in [2.24, 2.45) is 11.8 Å². The minimum Gasteiger partial charge on any atom is -0.396 e. The molecule has 2 aliphatic rings. The number of rotatable bonds is 5. The van der Waals surface area contributed by atoms with Crippen LogP contribution in [0.1, 0.15) is 24.2 Å². The number of anilines is 1. The molecule has 0 spiro atoms. The molecule has 34 heavy (non-hydrogen) atoms. The number of hydrogen-bond acceptors (Lipinski definition) is 4. The molecular formula is C28H29N3O3. The van der Waals surface area contributed by atoms with Crippen LogP contribution >= 0.6 is 0 Å². The predicted molar refractivity (Wildman–Crippen MR) is 134 cm³/mol. The van der Waals surface area contributed by atoms with Crippen molar-refractivity contribution in [2.45, 2.75) is 25.6 Å². The summed E-state index contributed by atoms with van der Waals surface area (Å²) in [5.74, 6) is -0.859. The van der Waals surface area contributed by atoms with Crippen LogP contribution in [0.4, 0.5) is 5.69 Å². The van der Waals surface area contributed by atoms with Gasteiger partial charge in [0.05, 0.1) is 12.0 Å². The van der Waals surface area contributed by atoms with E-state index in [1.807, 2.05) is 80.7 Å². The quantitative estimate of drug-likeness (QED) is 0.614. The van der Waals surface area contributed by atoms with Crippen molar-refractivity contribution in [3.8, 4) is 11.1 Å². The zero-order valence-electron chi connectivity index (χ0n) is 19.4. The number of likely N-dealkylation sites (N-methyl/N-ethyl adjacent to an activating group) is 1. The Bertz CT molecular complexity index is 1280. The van der Waals surface area contributed by atoms with E-state index in [1.54, 1.807) is 4.57 Å². The van der Waals surface area contributed by atoms with Gasteiger partial charge in [-0.15, -0.1) is 0 Å². The van der Waals surface area contributed by atoms with E-state index in [9.17, 15) is 14.7 Å². The number of benzene rings is 2. The molecule has 4 atom stereocenters. The second kappa shape index (κ2) is 9.05. The fourth-order valence-corrected chi connectivity index (χ4v) is 5.62. The van der Waals surface area contributed by atoms with Gasteiger partial charge in [-0.1, -0.05) is 54.6 Å². The van der Waals surface area contributed by atoms with Crippen molar-refractivity contribution >= 4 is 17.7 Å². The van der Waals surface area contributed by atoms with E-state index < -0.39 is 5.92 Å². The molecule has 2 aliphatic heterocycles. The number of allylic oxidation sites excluding steroid dienone is 1. The normalized spacial score (nSPS) is 23.7. The fourth-order valence-electron chi connectivity index (χ4n) is 5.62. The number of fused-ring (bicyclic) bond motifs is 4. The third kappa shape index (κ3) is 3.69. The van der Waals surface area contributed by atoms with Crippen molar-refractivity contribution in [1.29, 1.82) is 0 Å². The summed E-state index contributed by atoms with van der Waals surface area (Å²) in [6, 6.07) is 21.3. The van der Waals surface area contributed by atoms with E-state index in [1.165, 1.54) is 0 Å². The smallest absolute Gasteiger partial charge is 0.258 e. The van der Waals surface area contributed by atoms with Crippen LogP contribution in [0.2, 0.25) is 0 Å². The number of pyridine rings is 1. The van der Waals surface area contributed by atoms with Gasteiger partial charge < -0.3 is 15.0 Å². The van der Waals surface area contributed by atoms with Crippen LogP contribution in [-0.4, -0.2) is 40.2 Å². The van der Waals surface area contributed by atoms with Crippen molar-refractivity contribution in [2.75, 3.05) is 19.0 Å². The fraction of sp³-hybridized carbons (Fsp3) is 0.286. The van der Waals surface area contributed by atoms with E-state index >= 15 is 0 Å². The van der Waals surface area contributed by atoms with E-state index in [0.717, 1.165) is 16.8 Å². The third-order valence-electron chi connectivity index (χ3n) is 7.29. The Balaban J connectivity index is 1.44. The minimum atomic E-state index is -0.463. The highest BCUT2D eigenvalue weighted by Crippen LogP contribution is 2.47. The highest BCUT2D eigenvalue weighted by Gasteiger charge is 2.54. The number of amides is 1. The molecule has 0 radical (unpaired) electrons. The number of nitrogens with zero attached hydrogens (tertiary/aromatic N) is 2. The molecule has 2 bridgehead atoms. The van der Waals surface area contributed by atoms with Crippen molar-refractivity contribution in [3.05, 3.63) is 94.4 Å². The average Bonchev–Trinajstić information content (AvgIpc) is 3.03. The lowest BCUT2D eigenvalue weighted by Gasteiger charge is -2.35. The Hall–Kier alpha value is -3.48. The Kier molecular flexibility index (Phi) is 5.94. The van der Waals surface area contributed by atoms with Crippen LogP contribution in [-0.2, 0) is 11.3 Å². The van der Waals surface area contributed by atoms with Gasteiger partial charge in [-0.2, -0.15) is 0 Å². The highest BCUT2D eigenvalue weighted by atomic mass is 16.3. The zero-order valence-corrected chi connectivity index (χ0v) is 19.4. The lowest BCUT2D eigenvalue weighted by atomic mass is 9.86. The van der Waals surface area contributed by atoms with E-state index in [2.05, 4.69) is 22.3 Å². The Morgan fingerprint density at radius 1 is 1.06 bits per heavy atom. The molecule has 5 rings (SSSR count). The lowest BCUT2D eigenvalue weighted by Crippen LogP contribution is -2.44. The van der Waals surface area contributed by atoms with Crippen LogP contribution in [0.3, 0.4) is 0 Å². The van der Waals surface area contributed by atoms with Crippen LogP contribution in [0.25, 0.3) is 17.2 Å². The summed E-state index contributed by atoms with van der Waals surface area (Å²) in [4.78, 5) is 28.8. The van der Waals surface area contributed by atoms with E-state index in [-0.39, 0.29) is 36.1 Å². The first-order chi connectivity index (χ1) is 16.5. The van der Waals surface area contributed by atoms with Crippen molar-refractivity contribution < 1.29 is 9.90 Å². The van der Waals surface area contributed by atoms with Gasteiger partial charge in [0.2, 0.25) is 5.91 Å². The summed E-state index contributed by atoms with van der Waals surface area (Å²) in [6.07, 6.45) is 3.66. The summed E-state index contributed by atoms with van der Waals surface area (Å²) in [6.45, 7) is 2.24. The Morgan fingerprint density at radius 2 is 1.76 bits per heavy atom. The van der Waals surface area contributed by atoms with Crippen molar-refractivity contribution in [3.63, 3.8) is 0 Å². The number of nitrogens with one attached hydrogen (secondary N) is 1. The van der Waals surface area contributed by atoms with Crippen molar-refractivity contribution in [1.82, 2.24) is 9.47 Å². The van der Waals surface area contributed by atoms with Crippen LogP contribution in [0, 0.1) is 11.8 Å². The molecule has 174 valence electrons. The molecule has 2 N–H and O–H groups in total. The average molecular weight is 456 g/mol. The molecule has 2 aromatic carbocycles. The van der Waals surface area contributed by atoms with Gasteiger partial charge in [0.1, 0.15) is 0 Å². The molecule has 0 aliphatic carbocycles. The summed E-state index contributed by atoms with van der Waals surface area (Å²) in [7, 11) is 1.98. The molecule has 3 aromatic rings. The monoisotopic (exact) mass is 455 g/mol. The van der Waals surface area contributed by atoms with Gasteiger partial charge >= 0.3 is 0 Å². The Morgan fingerprint density at radius 3 is 2.44 bits per heavy atom. The molecule has 6 nitrogen and oxygen atoms in total. The molecule has 6 heteroatoms. The molecule has 1 fully saturated rings. The third-order valence-corrected chi connectivity index (χ3v) is 7.29. The van der Waals surface area contributed by atoms with E-state index in [0.29, 0.717) is 17.8 Å². The standard InChI is InChI=1S/C28H29N3O3/c1-3-7-20-12-15-23-26-25(22(17-32)24(30(26)2)16-31(23)28(20)34)27(33)29-21-13-10-19(11-14-21)18-8-5-4-6-9-18/h3-15,22,24-26,32H,16-17H2,1-2H3,(H,29,33)/b7-3-/t22-,24-,25+,26+/m1/s1. The second-order valence-electron chi connectivity index (χ2n) is 9.11. The maximum Gasteiger partial charge on any atom is 0.258 e. The lowest BCUT2D eigenvalue weighted by molar-refractivity contribution is -0.122. The number of aliphatic hydroxyl groups is 1. The van der Waals surface area contributed by atoms with Gasteiger partial charge in [-0.05, 0) is 49.4 Å². The first-order valence-corrected chi connectivity index (χ1v) is 11.7. The summed E-state index contributed by atoms with van der Waals surface area (Å²) < 4.78 is 1.79. The number of aliphatic hydroxyl groups excluding tert-OH is 1. The molecule has 3 heterocycles. The zero-order chi connectivity index (χ0) is 23.8. The van der Waals surface area contributed by atoms with Gasteiger partial charge in [0.25, 0.3) is 5.56 Å².